The molecule has 3 aromatic carbocycles. The van der Waals surface area contributed by atoms with Crippen LogP contribution in [0.25, 0.3) is 0 Å². The summed E-state index contributed by atoms with van der Waals surface area (Å²) in [5.74, 6) is 0.498. The molecule has 3 aromatic rings. The average Bonchev–Trinajstić information content (AvgIpc) is 2.76. The molecule has 0 radical (unpaired) electrons. The predicted molar refractivity (Wildman–Crippen MR) is 129 cm³/mol. The van der Waals surface area contributed by atoms with Gasteiger partial charge in [0.15, 0.2) is 4.91 Å². The highest BCUT2D eigenvalue weighted by Gasteiger charge is 2.25. The number of hydrogen-bond donors (Lipinski definition) is 1. The largest absolute Gasteiger partial charge is 0.348 e. The van der Waals surface area contributed by atoms with Crippen LogP contribution in [0.5, 0.6) is 0 Å². The molecule has 3 rings (SSSR count). The number of nitrogens with zero attached hydrogens (tertiary/aromatic N) is 1. The first-order valence-corrected chi connectivity index (χ1v) is 12.3. The smallest absolute Gasteiger partial charge is 0.219 e. The van der Waals surface area contributed by atoms with Gasteiger partial charge in [0.1, 0.15) is 11.1 Å². The highest BCUT2D eigenvalue weighted by atomic mass is 35.5. The second-order valence-electron chi connectivity index (χ2n) is 6.95. The minimum Gasteiger partial charge on any atom is -0.348 e. The molecule has 0 aliphatic rings. The Morgan fingerprint density at radius 3 is 2.32 bits per heavy atom. The van der Waals surface area contributed by atoms with Crippen molar-refractivity contribution >= 4 is 38.9 Å². The zero-order chi connectivity index (χ0) is 22.4. The van der Waals surface area contributed by atoms with Crippen LogP contribution in [-0.2, 0) is 15.6 Å². The van der Waals surface area contributed by atoms with Crippen molar-refractivity contribution < 1.29 is 8.42 Å². The lowest BCUT2D eigenvalue weighted by molar-refractivity contribution is 0.603. The number of benzene rings is 3. The molecule has 0 heterocycles. The molecule has 0 saturated carbocycles. The fourth-order valence-electron chi connectivity index (χ4n) is 2.75. The number of aryl methyl sites for hydroxylation is 2. The summed E-state index contributed by atoms with van der Waals surface area (Å²) in [5.41, 5.74) is 3.67. The molecule has 0 aliphatic carbocycles. The van der Waals surface area contributed by atoms with Crippen molar-refractivity contribution in [3.8, 4) is 6.07 Å². The van der Waals surface area contributed by atoms with Crippen LogP contribution in [0.2, 0.25) is 5.02 Å². The normalized spacial score (nSPS) is 12.1. The first-order valence-electron chi connectivity index (χ1n) is 9.47. The first kappa shape index (κ1) is 23.0. The van der Waals surface area contributed by atoms with Crippen molar-refractivity contribution in [1.82, 2.24) is 0 Å². The van der Waals surface area contributed by atoms with Gasteiger partial charge in [0.05, 0.1) is 4.90 Å². The number of nitrogens with one attached hydrogen (secondary N) is 1. The lowest BCUT2D eigenvalue weighted by Gasteiger charge is -2.15. The molecule has 0 saturated heterocycles. The molecule has 0 aliphatic heterocycles. The van der Waals surface area contributed by atoms with Crippen molar-refractivity contribution in [1.29, 1.82) is 5.26 Å². The second kappa shape index (κ2) is 10.1. The van der Waals surface area contributed by atoms with Gasteiger partial charge in [-0.25, -0.2) is 8.42 Å². The van der Waals surface area contributed by atoms with Crippen LogP contribution in [0.3, 0.4) is 0 Å². The minimum absolute atomic E-state index is 0.0729. The monoisotopic (exact) mass is 468 g/mol. The average molecular weight is 469 g/mol. The van der Waals surface area contributed by atoms with E-state index in [2.05, 4.69) is 5.32 Å². The summed E-state index contributed by atoms with van der Waals surface area (Å²) in [7, 11) is -4.00. The van der Waals surface area contributed by atoms with Gasteiger partial charge < -0.3 is 5.32 Å². The standard InChI is InChI=1S/C24H21ClN2O2S2/c1-17-8-11-19(12-9-17)16-30-24(27-20-13-10-18(2)22(25)14-20)23(15-26)31(28,29)21-6-4-3-5-7-21/h3-14,27H,16H2,1-2H3/b24-23+. The molecule has 0 aromatic heterocycles. The molecule has 1 N–H and O–H groups in total. The molecule has 0 atom stereocenters. The van der Waals surface area contributed by atoms with E-state index in [0.29, 0.717) is 16.5 Å². The van der Waals surface area contributed by atoms with Gasteiger partial charge in [-0.3, -0.25) is 0 Å². The number of rotatable bonds is 7. The number of nitriles is 1. The Morgan fingerprint density at radius 1 is 1.03 bits per heavy atom. The molecule has 0 spiro atoms. The number of anilines is 1. The molecular weight excluding hydrogens is 448 g/mol. The van der Waals surface area contributed by atoms with Crippen LogP contribution in [0.1, 0.15) is 16.7 Å². The number of sulfone groups is 1. The number of hydrogen-bond acceptors (Lipinski definition) is 5. The Hall–Kier alpha value is -2.72. The SMILES string of the molecule is Cc1ccc(CS/C(Nc2ccc(C)c(Cl)c2)=C(\C#N)S(=O)(=O)c2ccccc2)cc1. The third-order valence-electron chi connectivity index (χ3n) is 4.56. The van der Waals surface area contributed by atoms with Gasteiger partial charge in [-0.2, -0.15) is 5.26 Å². The van der Waals surface area contributed by atoms with E-state index >= 15 is 0 Å². The highest BCUT2D eigenvalue weighted by Crippen LogP contribution is 2.32. The molecule has 7 heteroatoms. The number of allylic oxidation sites excluding steroid dienone is 1. The maximum atomic E-state index is 13.2. The van der Waals surface area contributed by atoms with Crippen LogP contribution >= 0.6 is 23.4 Å². The van der Waals surface area contributed by atoms with Crippen LogP contribution < -0.4 is 5.32 Å². The van der Waals surface area contributed by atoms with Crippen molar-refractivity contribution in [3.05, 3.63) is 104 Å². The van der Waals surface area contributed by atoms with E-state index in [1.807, 2.05) is 50.2 Å². The third-order valence-corrected chi connectivity index (χ3v) is 7.90. The predicted octanol–water partition coefficient (Wildman–Crippen LogP) is 6.47. The molecule has 4 nitrogen and oxygen atoms in total. The molecule has 0 unspecified atom stereocenters. The van der Waals surface area contributed by atoms with E-state index in [9.17, 15) is 13.7 Å². The lowest BCUT2D eigenvalue weighted by atomic mass is 10.2. The first-order chi connectivity index (χ1) is 14.8. The Kier molecular flexibility index (Phi) is 7.45. The van der Waals surface area contributed by atoms with Gasteiger partial charge in [-0.15, -0.1) is 11.8 Å². The minimum atomic E-state index is -4.00. The van der Waals surface area contributed by atoms with Crippen molar-refractivity contribution in [2.24, 2.45) is 0 Å². The van der Waals surface area contributed by atoms with Crippen LogP contribution in [0.15, 0.2) is 87.6 Å². The van der Waals surface area contributed by atoms with E-state index in [-0.39, 0.29) is 14.8 Å². The third kappa shape index (κ3) is 5.71. The van der Waals surface area contributed by atoms with Gasteiger partial charge in [-0.1, -0.05) is 65.7 Å². The van der Waals surface area contributed by atoms with Crippen molar-refractivity contribution in [2.45, 2.75) is 24.5 Å². The molecule has 158 valence electrons. The van der Waals surface area contributed by atoms with E-state index in [1.165, 1.54) is 23.9 Å². The molecule has 0 bridgehead atoms. The van der Waals surface area contributed by atoms with Crippen LogP contribution in [0.4, 0.5) is 5.69 Å². The summed E-state index contributed by atoms with van der Waals surface area (Å²) in [6, 6.07) is 23.2. The van der Waals surface area contributed by atoms with E-state index in [0.717, 1.165) is 16.7 Å². The Balaban J connectivity index is 2.04. The van der Waals surface area contributed by atoms with Crippen LogP contribution in [-0.4, -0.2) is 8.42 Å². The summed E-state index contributed by atoms with van der Waals surface area (Å²) in [6.45, 7) is 3.89. The van der Waals surface area contributed by atoms with Gasteiger partial charge in [0.2, 0.25) is 9.84 Å². The topological polar surface area (TPSA) is 70.0 Å². The zero-order valence-corrected chi connectivity index (χ0v) is 19.5. The van der Waals surface area contributed by atoms with Gasteiger partial charge >= 0.3 is 0 Å². The van der Waals surface area contributed by atoms with E-state index < -0.39 is 9.84 Å². The summed E-state index contributed by atoms with van der Waals surface area (Å²) in [4.78, 5) is -0.253. The molecular formula is C24H21ClN2O2S2. The summed E-state index contributed by atoms with van der Waals surface area (Å²) < 4.78 is 26.4. The fraction of sp³-hybridized carbons (Fsp3) is 0.125. The Labute approximate surface area is 192 Å². The van der Waals surface area contributed by atoms with Gasteiger partial charge in [-0.05, 0) is 49.2 Å². The summed E-state index contributed by atoms with van der Waals surface area (Å²) in [6.07, 6.45) is 0. The Morgan fingerprint density at radius 2 is 1.71 bits per heavy atom. The van der Waals surface area contributed by atoms with Gasteiger partial charge in [0, 0.05) is 16.5 Å². The highest BCUT2D eigenvalue weighted by molar-refractivity contribution is 8.04. The maximum absolute atomic E-state index is 13.2. The molecule has 31 heavy (non-hydrogen) atoms. The van der Waals surface area contributed by atoms with Gasteiger partial charge in [0.25, 0.3) is 0 Å². The lowest BCUT2D eigenvalue weighted by Crippen LogP contribution is -2.10. The molecule has 0 fully saturated rings. The molecule has 0 amide bonds. The summed E-state index contributed by atoms with van der Waals surface area (Å²) in [5, 5.41) is 13.8. The number of thioether (sulfide) groups is 1. The Bertz CT molecular complexity index is 1250. The zero-order valence-electron chi connectivity index (χ0n) is 17.1. The van der Waals surface area contributed by atoms with E-state index in [1.54, 1.807) is 30.3 Å². The van der Waals surface area contributed by atoms with E-state index in [4.69, 9.17) is 11.6 Å². The fourth-order valence-corrected chi connectivity index (χ4v) is 5.47. The quantitative estimate of drug-likeness (QED) is 0.402. The van der Waals surface area contributed by atoms with Crippen molar-refractivity contribution in [2.75, 3.05) is 5.32 Å². The van der Waals surface area contributed by atoms with Crippen molar-refractivity contribution in [3.63, 3.8) is 0 Å². The second-order valence-corrected chi connectivity index (χ2v) is 10.2. The maximum Gasteiger partial charge on any atom is 0.219 e. The number of halogens is 1. The van der Waals surface area contributed by atoms with Crippen LogP contribution in [0, 0.1) is 25.2 Å². The summed E-state index contributed by atoms with van der Waals surface area (Å²) >= 11 is 7.50.